The number of aromatic hydroxyl groups is 1. The molecule has 0 spiro atoms. The van der Waals surface area contributed by atoms with Gasteiger partial charge in [0.05, 0.1) is 24.2 Å². The van der Waals surface area contributed by atoms with E-state index in [1.807, 2.05) is 0 Å². The molecule has 1 atom stereocenters. The Morgan fingerprint density at radius 1 is 1.32 bits per heavy atom. The maximum absolute atomic E-state index is 12.5. The number of ether oxygens (including phenoxy) is 2. The van der Waals surface area contributed by atoms with Crippen LogP contribution in [0.4, 0.5) is 0 Å². The summed E-state index contributed by atoms with van der Waals surface area (Å²) < 4.78 is 10.7. The van der Waals surface area contributed by atoms with Gasteiger partial charge in [-0.3, -0.25) is 0 Å². The Morgan fingerprint density at radius 3 is 2.68 bits per heavy atom. The zero-order valence-corrected chi connectivity index (χ0v) is 13.5. The monoisotopic (exact) mass is 336 g/mol. The molecule has 1 aliphatic heterocycles. The van der Waals surface area contributed by atoms with Gasteiger partial charge in [-0.15, -0.1) is 0 Å². The van der Waals surface area contributed by atoms with E-state index in [-0.39, 0.29) is 23.8 Å². The number of nitriles is 1. The summed E-state index contributed by atoms with van der Waals surface area (Å²) in [7, 11) is 0. The highest BCUT2D eigenvalue weighted by atomic mass is 16.5. The van der Waals surface area contributed by atoms with Gasteiger partial charge in [0.1, 0.15) is 17.1 Å². The third-order valence-electron chi connectivity index (χ3n) is 3.95. The van der Waals surface area contributed by atoms with Crippen LogP contribution < -0.4 is 10.5 Å². The van der Waals surface area contributed by atoms with Gasteiger partial charge >= 0.3 is 5.97 Å². The average Bonchev–Trinajstić information content (AvgIpc) is 2.60. The number of fused-ring (bicyclic) bond motifs is 1. The van der Waals surface area contributed by atoms with Crippen LogP contribution in [0, 0.1) is 11.3 Å². The highest BCUT2D eigenvalue weighted by molar-refractivity contribution is 5.92. The fraction of sp³-hybridized carbons (Fsp3) is 0.158. The van der Waals surface area contributed by atoms with Crippen LogP contribution in [0.1, 0.15) is 29.5 Å². The Hall–Kier alpha value is -3.46. The molecule has 25 heavy (non-hydrogen) atoms. The molecule has 2 aromatic carbocycles. The second-order valence-corrected chi connectivity index (χ2v) is 5.49. The number of phenols is 1. The van der Waals surface area contributed by atoms with E-state index in [0.29, 0.717) is 16.9 Å². The minimum absolute atomic E-state index is 0.0321. The van der Waals surface area contributed by atoms with Gasteiger partial charge in [0.15, 0.2) is 0 Å². The third kappa shape index (κ3) is 3.00. The Balaban J connectivity index is 2.17. The molecule has 0 aliphatic carbocycles. The van der Waals surface area contributed by atoms with Crippen molar-refractivity contribution in [2.75, 3.05) is 6.61 Å². The molecular formula is C19H16N2O4. The second kappa shape index (κ2) is 6.57. The van der Waals surface area contributed by atoms with Crippen LogP contribution in [0.5, 0.6) is 11.5 Å². The van der Waals surface area contributed by atoms with E-state index < -0.39 is 11.9 Å². The summed E-state index contributed by atoms with van der Waals surface area (Å²) in [5, 5.41) is 18.7. The molecule has 3 rings (SSSR count). The van der Waals surface area contributed by atoms with Gasteiger partial charge < -0.3 is 20.3 Å². The predicted molar refractivity (Wildman–Crippen MR) is 89.6 cm³/mol. The van der Waals surface area contributed by atoms with Gasteiger partial charge in [0.2, 0.25) is 5.88 Å². The summed E-state index contributed by atoms with van der Waals surface area (Å²) in [6.45, 7) is 1.92. The van der Waals surface area contributed by atoms with Gasteiger partial charge in [-0.1, -0.05) is 18.2 Å². The van der Waals surface area contributed by atoms with Gasteiger partial charge in [-0.05, 0) is 30.7 Å². The van der Waals surface area contributed by atoms with E-state index in [2.05, 4.69) is 6.07 Å². The molecule has 6 heteroatoms. The van der Waals surface area contributed by atoms with Gasteiger partial charge in [0, 0.05) is 11.6 Å². The van der Waals surface area contributed by atoms with Crippen LogP contribution in [-0.4, -0.2) is 17.7 Å². The van der Waals surface area contributed by atoms with Crippen LogP contribution in [-0.2, 0) is 9.53 Å². The smallest absolute Gasteiger partial charge is 0.340 e. The average molecular weight is 336 g/mol. The summed E-state index contributed by atoms with van der Waals surface area (Å²) in [5.41, 5.74) is 8.14. The first-order chi connectivity index (χ1) is 12.0. The van der Waals surface area contributed by atoms with Crippen molar-refractivity contribution >= 4 is 5.97 Å². The van der Waals surface area contributed by atoms with Crippen LogP contribution >= 0.6 is 0 Å². The molecule has 0 saturated heterocycles. The summed E-state index contributed by atoms with van der Waals surface area (Å²) >= 11 is 0. The van der Waals surface area contributed by atoms with E-state index in [4.69, 9.17) is 20.5 Å². The first kappa shape index (κ1) is 16.4. The SMILES string of the molecule is CCOC(=O)C1=C(N)Oc2cc(O)ccc2C1c1ccc(C#N)cc1. The van der Waals surface area contributed by atoms with Crippen molar-refractivity contribution in [2.24, 2.45) is 5.73 Å². The van der Waals surface area contributed by atoms with Crippen molar-refractivity contribution in [1.29, 1.82) is 5.26 Å². The van der Waals surface area contributed by atoms with Crippen LogP contribution in [0.25, 0.3) is 0 Å². The van der Waals surface area contributed by atoms with E-state index >= 15 is 0 Å². The fourth-order valence-electron chi connectivity index (χ4n) is 2.84. The standard InChI is InChI=1S/C19H16N2O4/c1-2-24-19(23)17-16(12-5-3-11(10-20)4-6-12)14-8-7-13(22)9-15(14)25-18(17)21/h3-9,16,22H,2,21H2,1H3. The molecule has 1 heterocycles. The molecule has 6 nitrogen and oxygen atoms in total. The maximum Gasteiger partial charge on any atom is 0.340 e. The van der Waals surface area contributed by atoms with Crippen molar-refractivity contribution in [3.8, 4) is 17.6 Å². The molecule has 126 valence electrons. The fourth-order valence-corrected chi connectivity index (χ4v) is 2.84. The number of nitrogens with zero attached hydrogens (tertiary/aromatic N) is 1. The lowest BCUT2D eigenvalue weighted by atomic mass is 9.82. The molecule has 2 aromatic rings. The Kier molecular flexibility index (Phi) is 4.31. The molecule has 0 bridgehead atoms. The number of rotatable bonds is 3. The highest BCUT2D eigenvalue weighted by Gasteiger charge is 2.35. The number of nitrogens with two attached hydrogens (primary N) is 1. The van der Waals surface area contributed by atoms with Crippen LogP contribution in [0.15, 0.2) is 53.9 Å². The van der Waals surface area contributed by atoms with Crippen LogP contribution in [0.3, 0.4) is 0 Å². The highest BCUT2D eigenvalue weighted by Crippen LogP contribution is 2.43. The molecule has 1 aliphatic rings. The molecule has 0 amide bonds. The largest absolute Gasteiger partial charge is 0.508 e. The van der Waals surface area contributed by atoms with Crippen LogP contribution in [0.2, 0.25) is 0 Å². The second-order valence-electron chi connectivity index (χ2n) is 5.49. The summed E-state index contributed by atoms with van der Waals surface area (Å²) in [5.74, 6) is -0.736. The lowest BCUT2D eigenvalue weighted by Gasteiger charge is -2.28. The number of benzene rings is 2. The first-order valence-corrected chi connectivity index (χ1v) is 7.72. The number of hydrogen-bond acceptors (Lipinski definition) is 6. The van der Waals surface area contributed by atoms with Gasteiger partial charge in [-0.2, -0.15) is 5.26 Å². The van der Waals surface area contributed by atoms with E-state index in [9.17, 15) is 9.90 Å². The molecular weight excluding hydrogens is 320 g/mol. The normalized spacial score (nSPS) is 15.8. The summed E-state index contributed by atoms with van der Waals surface area (Å²) in [4.78, 5) is 12.5. The lowest BCUT2D eigenvalue weighted by Crippen LogP contribution is -2.27. The Morgan fingerprint density at radius 2 is 2.04 bits per heavy atom. The van der Waals surface area contributed by atoms with Crippen molar-refractivity contribution in [3.63, 3.8) is 0 Å². The van der Waals surface area contributed by atoms with Crippen molar-refractivity contribution in [3.05, 3.63) is 70.6 Å². The van der Waals surface area contributed by atoms with Crippen molar-refractivity contribution in [2.45, 2.75) is 12.8 Å². The molecule has 0 aromatic heterocycles. The van der Waals surface area contributed by atoms with E-state index in [0.717, 1.165) is 5.56 Å². The Bertz CT molecular complexity index is 895. The predicted octanol–water partition coefficient (Wildman–Crippen LogP) is 2.52. The van der Waals surface area contributed by atoms with Gasteiger partial charge in [0.25, 0.3) is 0 Å². The number of esters is 1. The molecule has 0 fully saturated rings. The molecule has 3 N–H and O–H groups in total. The summed E-state index contributed by atoms with van der Waals surface area (Å²) in [6.07, 6.45) is 0. The minimum Gasteiger partial charge on any atom is -0.508 e. The molecule has 1 unspecified atom stereocenters. The minimum atomic E-state index is -0.562. The van der Waals surface area contributed by atoms with Gasteiger partial charge in [-0.25, -0.2) is 4.79 Å². The summed E-state index contributed by atoms with van der Waals surface area (Å²) in [6, 6.07) is 13.6. The van der Waals surface area contributed by atoms with E-state index in [1.54, 1.807) is 37.3 Å². The number of phenolic OH excluding ortho intramolecular Hbond substituents is 1. The Labute approximate surface area is 144 Å². The lowest BCUT2D eigenvalue weighted by molar-refractivity contribution is -0.139. The third-order valence-corrected chi connectivity index (χ3v) is 3.95. The van der Waals surface area contributed by atoms with Crippen molar-refractivity contribution in [1.82, 2.24) is 0 Å². The number of carbonyl (C=O) groups is 1. The zero-order chi connectivity index (χ0) is 18.0. The van der Waals surface area contributed by atoms with Crippen molar-refractivity contribution < 1.29 is 19.4 Å². The topological polar surface area (TPSA) is 106 Å². The maximum atomic E-state index is 12.5. The molecule has 0 saturated carbocycles. The van der Waals surface area contributed by atoms with E-state index in [1.165, 1.54) is 12.1 Å². The quantitative estimate of drug-likeness (QED) is 0.834. The first-order valence-electron chi connectivity index (χ1n) is 7.72. The number of hydrogen-bond donors (Lipinski definition) is 2. The number of carbonyl (C=O) groups excluding carboxylic acids is 1. The zero-order valence-electron chi connectivity index (χ0n) is 13.5. The molecule has 0 radical (unpaired) electrons.